The summed E-state index contributed by atoms with van der Waals surface area (Å²) >= 11 is 1.47. The maximum atomic E-state index is 12.0. The minimum Gasteiger partial charge on any atom is -0.497 e. The maximum absolute atomic E-state index is 12.0. The first-order valence-corrected chi connectivity index (χ1v) is 6.85. The lowest BCUT2D eigenvalue weighted by Crippen LogP contribution is -2.26. The van der Waals surface area contributed by atoms with Gasteiger partial charge in [0.2, 0.25) is 0 Å². The van der Waals surface area contributed by atoms with Gasteiger partial charge in [-0.15, -0.1) is 11.3 Å². The normalized spacial score (nSPS) is 11.9. The van der Waals surface area contributed by atoms with Gasteiger partial charge in [-0.2, -0.15) is 0 Å². The largest absolute Gasteiger partial charge is 0.497 e. The molecule has 0 radical (unpaired) electrons. The minimum atomic E-state index is -0.146. The molecule has 0 aliphatic heterocycles. The van der Waals surface area contributed by atoms with E-state index in [4.69, 9.17) is 4.74 Å². The number of carbonyl (C=O) groups excluding carboxylic acids is 1. The second kappa shape index (κ2) is 5.84. The van der Waals surface area contributed by atoms with Gasteiger partial charge in [0.25, 0.3) is 5.91 Å². The van der Waals surface area contributed by atoms with Crippen molar-refractivity contribution in [2.45, 2.75) is 19.9 Å². The number of hydrogen-bond acceptors (Lipinski definition) is 4. The standard InChI is InChI=1S/C14H16N2O2S/c1-9(11-4-6-12(18-3)7-5-11)15-14(17)13-8-19-10(2)16-13/h4-9H,1-3H3,(H,15,17). The Morgan fingerprint density at radius 1 is 1.37 bits per heavy atom. The summed E-state index contributed by atoms with van der Waals surface area (Å²) in [6, 6.07) is 7.57. The molecule has 0 bridgehead atoms. The SMILES string of the molecule is COc1ccc(C(C)NC(=O)c2csc(C)n2)cc1. The van der Waals surface area contributed by atoms with E-state index in [2.05, 4.69) is 10.3 Å². The van der Waals surface area contributed by atoms with Gasteiger partial charge in [-0.1, -0.05) is 12.1 Å². The summed E-state index contributed by atoms with van der Waals surface area (Å²) in [7, 11) is 1.63. The van der Waals surface area contributed by atoms with Gasteiger partial charge in [-0.25, -0.2) is 4.98 Å². The Morgan fingerprint density at radius 2 is 2.05 bits per heavy atom. The highest BCUT2D eigenvalue weighted by Crippen LogP contribution is 2.18. The summed E-state index contributed by atoms with van der Waals surface area (Å²) in [5.74, 6) is 0.657. The van der Waals surface area contributed by atoms with E-state index in [1.165, 1.54) is 11.3 Å². The number of amides is 1. The van der Waals surface area contributed by atoms with Crippen LogP contribution in [0.3, 0.4) is 0 Å². The number of thiazole rings is 1. The number of rotatable bonds is 4. The molecule has 0 saturated heterocycles. The van der Waals surface area contributed by atoms with Crippen LogP contribution < -0.4 is 10.1 Å². The van der Waals surface area contributed by atoms with E-state index in [-0.39, 0.29) is 11.9 Å². The highest BCUT2D eigenvalue weighted by atomic mass is 32.1. The number of carbonyl (C=O) groups is 1. The van der Waals surface area contributed by atoms with Crippen LogP contribution in [0, 0.1) is 6.92 Å². The van der Waals surface area contributed by atoms with Gasteiger partial charge in [0.15, 0.2) is 0 Å². The van der Waals surface area contributed by atoms with Crippen molar-refractivity contribution in [3.63, 3.8) is 0 Å². The molecule has 1 amide bonds. The van der Waals surface area contributed by atoms with E-state index in [0.29, 0.717) is 5.69 Å². The molecule has 1 aromatic carbocycles. The number of nitrogens with one attached hydrogen (secondary N) is 1. The average molecular weight is 276 g/mol. The number of nitrogens with zero attached hydrogens (tertiary/aromatic N) is 1. The van der Waals surface area contributed by atoms with E-state index in [0.717, 1.165) is 16.3 Å². The number of ether oxygens (including phenoxy) is 1. The smallest absolute Gasteiger partial charge is 0.271 e. The molecule has 2 aromatic rings. The number of methoxy groups -OCH3 is 1. The zero-order valence-electron chi connectivity index (χ0n) is 11.1. The summed E-state index contributed by atoms with van der Waals surface area (Å²) in [4.78, 5) is 16.1. The molecule has 0 fully saturated rings. The van der Waals surface area contributed by atoms with Crippen molar-refractivity contribution in [1.82, 2.24) is 10.3 Å². The Bertz CT molecular complexity index is 563. The van der Waals surface area contributed by atoms with E-state index in [1.54, 1.807) is 12.5 Å². The topological polar surface area (TPSA) is 51.2 Å². The Morgan fingerprint density at radius 3 is 2.58 bits per heavy atom. The third kappa shape index (κ3) is 3.32. The lowest BCUT2D eigenvalue weighted by atomic mass is 10.1. The Kier molecular flexibility index (Phi) is 4.16. The zero-order chi connectivity index (χ0) is 13.8. The Balaban J connectivity index is 2.03. The first kappa shape index (κ1) is 13.5. The third-order valence-corrected chi connectivity index (χ3v) is 3.59. The molecule has 1 atom stereocenters. The van der Waals surface area contributed by atoms with Crippen molar-refractivity contribution in [2.24, 2.45) is 0 Å². The molecule has 100 valence electrons. The first-order valence-electron chi connectivity index (χ1n) is 5.97. The molecule has 4 nitrogen and oxygen atoms in total. The Hall–Kier alpha value is -1.88. The first-order chi connectivity index (χ1) is 9.10. The third-order valence-electron chi connectivity index (χ3n) is 2.82. The molecule has 0 saturated carbocycles. The molecule has 5 heteroatoms. The minimum absolute atomic E-state index is 0.0691. The van der Waals surface area contributed by atoms with E-state index in [1.807, 2.05) is 38.1 Å². The molecular formula is C14H16N2O2S. The van der Waals surface area contributed by atoms with Crippen molar-refractivity contribution in [2.75, 3.05) is 7.11 Å². The number of hydrogen-bond donors (Lipinski definition) is 1. The predicted octanol–water partition coefficient (Wildman–Crippen LogP) is 2.95. The van der Waals surface area contributed by atoms with Crippen molar-refractivity contribution in [1.29, 1.82) is 0 Å². The van der Waals surface area contributed by atoms with Crippen LogP contribution in [-0.4, -0.2) is 18.0 Å². The summed E-state index contributed by atoms with van der Waals surface area (Å²) in [6.45, 7) is 3.83. The molecular weight excluding hydrogens is 260 g/mol. The van der Waals surface area contributed by atoms with Gasteiger partial charge in [-0.3, -0.25) is 4.79 Å². The van der Waals surface area contributed by atoms with Crippen LogP contribution in [0.1, 0.15) is 34.0 Å². The van der Waals surface area contributed by atoms with Crippen molar-refractivity contribution >= 4 is 17.2 Å². The van der Waals surface area contributed by atoms with Gasteiger partial charge < -0.3 is 10.1 Å². The maximum Gasteiger partial charge on any atom is 0.271 e. The van der Waals surface area contributed by atoms with Gasteiger partial charge >= 0.3 is 0 Å². The van der Waals surface area contributed by atoms with E-state index >= 15 is 0 Å². The lowest BCUT2D eigenvalue weighted by molar-refractivity contribution is 0.0935. The fraction of sp³-hybridized carbons (Fsp3) is 0.286. The van der Waals surface area contributed by atoms with Crippen LogP contribution in [0.4, 0.5) is 0 Å². The van der Waals surface area contributed by atoms with Gasteiger partial charge in [-0.05, 0) is 31.5 Å². The summed E-state index contributed by atoms with van der Waals surface area (Å²) < 4.78 is 5.11. The highest BCUT2D eigenvalue weighted by Gasteiger charge is 2.13. The predicted molar refractivity (Wildman–Crippen MR) is 75.7 cm³/mol. The molecule has 19 heavy (non-hydrogen) atoms. The van der Waals surface area contributed by atoms with Crippen molar-refractivity contribution in [3.05, 3.63) is 45.9 Å². The summed E-state index contributed by atoms with van der Waals surface area (Å²) in [6.07, 6.45) is 0. The average Bonchev–Trinajstić information content (AvgIpc) is 2.85. The van der Waals surface area contributed by atoms with Crippen LogP contribution in [0.25, 0.3) is 0 Å². The fourth-order valence-electron chi connectivity index (χ4n) is 1.71. The number of benzene rings is 1. The molecule has 0 aliphatic carbocycles. The molecule has 1 aromatic heterocycles. The van der Waals surface area contributed by atoms with E-state index < -0.39 is 0 Å². The summed E-state index contributed by atoms with van der Waals surface area (Å²) in [5, 5.41) is 5.59. The number of aryl methyl sites for hydroxylation is 1. The Labute approximate surface area is 116 Å². The summed E-state index contributed by atoms with van der Waals surface area (Å²) in [5.41, 5.74) is 1.50. The van der Waals surface area contributed by atoms with Gasteiger partial charge in [0.1, 0.15) is 11.4 Å². The number of aromatic nitrogens is 1. The van der Waals surface area contributed by atoms with Crippen molar-refractivity contribution in [3.8, 4) is 5.75 Å². The molecule has 1 unspecified atom stereocenters. The van der Waals surface area contributed by atoms with Crippen LogP contribution in [0.5, 0.6) is 5.75 Å². The lowest BCUT2D eigenvalue weighted by Gasteiger charge is -2.13. The van der Waals surface area contributed by atoms with Crippen LogP contribution >= 0.6 is 11.3 Å². The zero-order valence-corrected chi connectivity index (χ0v) is 12.0. The van der Waals surface area contributed by atoms with E-state index in [9.17, 15) is 4.79 Å². The second-order valence-electron chi connectivity index (χ2n) is 4.22. The molecule has 1 heterocycles. The molecule has 1 N–H and O–H groups in total. The molecule has 0 spiro atoms. The molecule has 2 rings (SSSR count). The monoisotopic (exact) mass is 276 g/mol. The second-order valence-corrected chi connectivity index (χ2v) is 5.28. The van der Waals surface area contributed by atoms with Gasteiger partial charge in [0, 0.05) is 5.38 Å². The van der Waals surface area contributed by atoms with Crippen LogP contribution in [0.15, 0.2) is 29.6 Å². The van der Waals surface area contributed by atoms with Crippen molar-refractivity contribution < 1.29 is 9.53 Å². The van der Waals surface area contributed by atoms with Crippen LogP contribution in [-0.2, 0) is 0 Å². The fourth-order valence-corrected chi connectivity index (χ4v) is 2.31. The van der Waals surface area contributed by atoms with Crippen LogP contribution in [0.2, 0.25) is 0 Å². The van der Waals surface area contributed by atoms with Gasteiger partial charge in [0.05, 0.1) is 18.2 Å². The quantitative estimate of drug-likeness (QED) is 0.934. The highest BCUT2D eigenvalue weighted by molar-refractivity contribution is 7.09. The molecule has 0 aliphatic rings.